The summed E-state index contributed by atoms with van der Waals surface area (Å²) in [5.41, 5.74) is 1.97. The molecule has 0 aliphatic heterocycles. The number of benzene rings is 2. The van der Waals surface area contributed by atoms with E-state index in [1.165, 1.54) is 0 Å². The van der Waals surface area contributed by atoms with Crippen LogP contribution in [0.25, 0.3) is 6.08 Å². The van der Waals surface area contributed by atoms with Crippen molar-refractivity contribution >= 4 is 6.08 Å². The first kappa shape index (κ1) is 22.3. The summed E-state index contributed by atoms with van der Waals surface area (Å²) < 4.78 is 33.5. The highest BCUT2D eigenvalue weighted by Gasteiger charge is 2.19. The Kier molecular flexibility index (Phi) is 8.07. The summed E-state index contributed by atoms with van der Waals surface area (Å²) in [6, 6.07) is 7.68. The lowest BCUT2D eigenvalue weighted by atomic mass is 10.1. The molecule has 0 radical (unpaired) electrons. The third-order valence-corrected chi connectivity index (χ3v) is 4.41. The average Bonchev–Trinajstić information content (AvgIpc) is 2.73. The first-order valence-corrected chi connectivity index (χ1v) is 9.35. The van der Waals surface area contributed by atoms with E-state index in [1.807, 2.05) is 50.3 Å². The molecule has 0 spiro atoms. The predicted octanol–water partition coefficient (Wildman–Crippen LogP) is 4.77. The molecule has 158 valence electrons. The minimum Gasteiger partial charge on any atom is -0.493 e. The zero-order valence-corrected chi connectivity index (χ0v) is 18.2. The molecule has 0 saturated carbocycles. The number of methoxy groups -OCH3 is 5. The van der Waals surface area contributed by atoms with Crippen LogP contribution >= 0.6 is 0 Å². The highest BCUT2D eigenvalue weighted by Crippen LogP contribution is 2.41. The summed E-state index contributed by atoms with van der Waals surface area (Å²) in [5.74, 6) is 3.60. The molecule has 0 N–H and O–H groups in total. The van der Waals surface area contributed by atoms with E-state index in [0.717, 1.165) is 11.1 Å². The predicted molar refractivity (Wildman–Crippen MR) is 114 cm³/mol. The normalized spacial score (nSPS) is 11.8. The quantitative estimate of drug-likeness (QED) is 0.570. The Labute approximate surface area is 172 Å². The van der Waals surface area contributed by atoms with E-state index >= 15 is 0 Å². The van der Waals surface area contributed by atoms with E-state index in [-0.39, 0.29) is 6.10 Å². The molecule has 0 unspecified atom stereocenters. The number of rotatable bonds is 10. The summed E-state index contributed by atoms with van der Waals surface area (Å²) in [5, 5.41) is 0. The van der Waals surface area contributed by atoms with Crippen LogP contribution in [0.4, 0.5) is 0 Å². The summed E-state index contributed by atoms with van der Waals surface area (Å²) in [7, 11) is 8.02. The Morgan fingerprint density at radius 2 is 1.21 bits per heavy atom. The van der Waals surface area contributed by atoms with Crippen LogP contribution < -0.4 is 28.4 Å². The smallest absolute Gasteiger partial charge is 0.203 e. The molecule has 2 rings (SSSR count). The van der Waals surface area contributed by atoms with Gasteiger partial charge < -0.3 is 28.4 Å². The van der Waals surface area contributed by atoms with E-state index in [9.17, 15) is 0 Å². The molecule has 0 aliphatic carbocycles. The van der Waals surface area contributed by atoms with Gasteiger partial charge in [-0.1, -0.05) is 12.2 Å². The van der Waals surface area contributed by atoms with Crippen LogP contribution in [0.2, 0.25) is 0 Å². The fourth-order valence-electron chi connectivity index (χ4n) is 3.13. The molecule has 2 aromatic carbocycles. The van der Waals surface area contributed by atoms with Crippen molar-refractivity contribution in [3.05, 3.63) is 41.5 Å². The fourth-order valence-corrected chi connectivity index (χ4v) is 3.13. The van der Waals surface area contributed by atoms with Crippen molar-refractivity contribution in [1.82, 2.24) is 0 Å². The van der Waals surface area contributed by atoms with Gasteiger partial charge in [-0.2, -0.15) is 0 Å². The van der Waals surface area contributed by atoms with Crippen molar-refractivity contribution in [3.63, 3.8) is 0 Å². The van der Waals surface area contributed by atoms with Gasteiger partial charge in [0.25, 0.3) is 0 Å². The first-order chi connectivity index (χ1) is 14.0. The Morgan fingerprint density at radius 1 is 0.724 bits per heavy atom. The average molecular weight is 402 g/mol. The second kappa shape index (κ2) is 10.5. The number of allylic oxidation sites excluding steroid dienone is 1. The van der Waals surface area contributed by atoms with E-state index in [2.05, 4.69) is 0 Å². The molecular weight excluding hydrogens is 372 g/mol. The van der Waals surface area contributed by atoms with Crippen molar-refractivity contribution in [3.8, 4) is 34.5 Å². The van der Waals surface area contributed by atoms with Crippen molar-refractivity contribution < 1.29 is 28.4 Å². The Bertz CT molecular complexity index is 793. The second-order valence-electron chi connectivity index (χ2n) is 6.42. The van der Waals surface area contributed by atoms with Crippen LogP contribution in [-0.4, -0.2) is 41.7 Å². The Hall–Kier alpha value is -3.02. The van der Waals surface area contributed by atoms with Crippen molar-refractivity contribution in [1.29, 1.82) is 0 Å². The van der Waals surface area contributed by atoms with Gasteiger partial charge in [0.2, 0.25) is 11.5 Å². The highest BCUT2D eigenvalue weighted by molar-refractivity contribution is 5.62. The molecule has 29 heavy (non-hydrogen) atoms. The molecule has 0 heterocycles. The molecule has 0 fully saturated rings. The summed E-state index contributed by atoms with van der Waals surface area (Å²) in [6.07, 6.45) is 4.41. The van der Waals surface area contributed by atoms with Gasteiger partial charge in [-0.05, 0) is 49.2 Å². The van der Waals surface area contributed by atoms with Crippen LogP contribution in [0.15, 0.2) is 30.3 Å². The Morgan fingerprint density at radius 3 is 1.62 bits per heavy atom. The number of hydrogen-bond donors (Lipinski definition) is 0. The number of ether oxygens (including phenoxy) is 6. The van der Waals surface area contributed by atoms with Crippen LogP contribution in [-0.2, 0) is 6.42 Å². The van der Waals surface area contributed by atoms with E-state index in [1.54, 1.807) is 35.5 Å². The van der Waals surface area contributed by atoms with Crippen LogP contribution in [0.3, 0.4) is 0 Å². The lowest BCUT2D eigenvalue weighted by molar-refractivity contribution is 0.201. The van der Waals surface area contributed by atoms with Crippen molar-refractivity contribution in [2.75, 3.05) is 35.5 Å². The SMILES string of the molecule is C/C=C/c1cc(OC)c(O[C@@H](C)Cc2cc(OC)c(OC)c(OC)c2)c(OC)c1. The molecule has 6 nitrogen and oxygen atoms in total. The third-order valence-electron chi connectivity index (χ3n) is 4.41. The largest absolute Gasteiger partial charge is 0.493 e. The monoisotopic (exact) mass is 402 g/mol. The first-order valence-electron chi connectivity index (χ1n) is 9.35. The third kappa shape index (κ3) is 5.28. The minimum atomic E-state index is -0.159. The molecule has 0 aliphatic rings. The van der Waals surface area contributed by atoms with Crippen LogP contribution in [0.1, 0.15) is 25.0 Å². The summed E-state index contributed by atoms with van der Waals surface area (Å²) in [4.78, 5) is 0. The molecule has 2 aromatic rings. The molecule has 1 atom stereocenters. The standard InChI is InChI=1S/C23H30O6/c1-8-9-16-11-20(26-5)23(21(12-16)27-6)29-15(2)10-17-13-18(24-3)22(28-7)19(14-17)25-4/h8-9,11-15H,10H2,1-7H3/b9-8+/t15-/m0/s1. The molecule has 0 bridgehead atoms. The van der Waals surface area contributed by atoms with Gasteiger partial charge in [0.05, 0.1) is 35.5 Å². The maximum absolute atomic E-state index is 6.21. The maximum atomic E-state index is 6.21. The van der Waals surface area contributed by atoms with Gasteiger partial charge >= 0.3 is 0 Å². The zero-order valence-electron chi connectivity index (χ0n) is 18.2. The van der Waals surface area contributed by atoms with Gasteiger partial charge in [0.15, 0.2) is 23.0 Å². The van der Waals surface area contributed by atoms with Crippen LogP contribution in [0.5, 0.6) is 34.5 Å². The van der Waals surface area contributed by atoms with E-state index in [4.69, 9.17) is 28.4 Å². The summed E-state index contributed by atoms with van der Waals surface area (Å²) >= 11 is 0. The molecular formula is C23H30O6. The van der Waals surface area contributed by atoms with Gasteiger partial charge in [0, 0.05) is 6.42 Å². The molecule has 0 saturated heterocycles. The molecule has 6 heteroatoms. The van der Waals surface area contributed by atoms with Crippen molar-refractivity contribution in [2.45, 2.75) is 26.4 Å². The van der Waals surface area contributed by atoms with Gasteiger partial charge in [-0.15, -0.1) is 0 Å². The zero-order chi connectivity index (χ0) is 21.4. The van der Waals surface area contributed by atoms with Crippen molar-refractivity contribution in [2.24, 2.45) is 0 Å². The van der Waals surface area contributed by atoms with Crippen LogP contribution in [0, 0.1) is 0 Å². The lowest BCUT2D eigenvalue weighted by Gasteiger charge is -2.21. The van der Waals surface area contributed by atoms with E-state index in [0.29, 0.717) is 40.9 Å². The topological polar surface area (TPSA) is 55.4 Å². The minimum absolute atomic E-state index is 0.159. The lowest BCUT2D eigenvalue weighted by Crippen LogP contribution is -2.16. The Balaban J connectivity index is 2.30. The second-order valence-corrected chi connectivity index (χ2v) is 6.42. The molecule has 0 aromatic heterocycles. The number of hydrogen-bond acceptors (Lipinski definition) is 6. The van der Waals surface area contributed by atoms with E-state index < -0.39 is 0 Å². The maximum Gasteiger partial charge on any atom is 0.203 e. The highest BCUT2D eigenvalue weighted by atomic mass is 16.5. The van der Waals surface area contributed by atoms with Gasteiger partial charge in [-0.3, -0.25) is 0 Å². The van der Waals surface area contributed by atoms with Gasteiger partial charge in [0.1, 0.15) is 6.10 Å². The van der Waals surface area contributed by atoms with Gasteiger partial charge in [-0.25, -0.2) is 0 Å². The molecule has 0 amide bonds. The fraction of sp³-hybridized carbons (Fsp3) is 0.391. The summed E-state index contributed by atoms with van der Waals surface area (Å²) in [6.45, 7) is 3.95.